The lowest BCUT2D eigenvalue weighted by molar-refractivity contribution is 0.0999. The van der Waals surface area contributed by atoms with E-state index in [9.17, 15) is 4.79 Å². The first kappa shape index (κ1) is 10.8. The molecule has 0 aromatic rings. The number of carbonyl (C=O) groups excluding carboxylic acids is 1. The highest BCUT2D eigenvalue weighted by Crippen LogP contribution is 2.34. The molecule has 2 aliphatic rings. The molecule has 1 saturated carbocycles. The number of hydrogen-bond acceptors (Lipinski definition) is 2. The van der Waals surface area contributed by atoms with E-state index in [1.54, 1.807) is 0 Å². The number of ether oxygens (including phenoxy) is 1. The quantitative estimate of drug-likeness (QED) is 0.667. The normalized spacial score (nSPS) is 26.9. The van der Waals surface area contributed by atoms with Crippen molar-refractivity contribution < 1.29 is 9.53 Å². The highest BCUT2D eigenvalue weighted by molar-refractivity contribution is 5.68. The van der Waals surface area contributed by atoms with Crippen LogP contribution in [-0.2, 0) is 4.74 Å². The zero-order valence-corrected chi connectivity index (χ0v) is 9.95. The van der Waals surface area contributed by atoms with Crippen molar-refractivity contribution in [3.05, 3.63) is 0 Å². The number of likely N-dealkylation sites (tertiary alicyclic amines) is 1. The summed E-state index contributed by atoms with van der Waals surface area (Å²) in [7, 11) is 0. The summed E-state index contributed by atoms with van der Waals surface area (Å²) in [6, 6.07) is 0. The average Bonchev–Trinajstić information content (AvgIpc) is 2.80. The molecule has 1 aliphatic heterocycles. The zero-order valence-electron chi connectivity index (χ0n) is 9.95. The number of amides is 1. The summed E-state index contributed by atoms with van der Waals surface area (Å²) < 4.78 is 5.29. The van der Waals surface area contributed by atoms with Gasteiger partial charge >= 0.3 is 6.09 Å². The largest absolute Gasteiger partial charge is 0.446 e. The second kappa shape index (κ2) is 3.69. The first-order valence-electron chi connectivity index (χ1n) is 5.92. The summed E-state index contributed by atoms with van der Waals surface area (Å²) in [5.41, 5.74) is 0.300. The van der Waals surface area contributed by atoms with Crippen LogP contribution in [0.3, 0.4) is 0 Å². The zero-order chi connectivity index (χ0) is 11.1. The third kappa shape index (κ3) is 2.64. The second-order valence-electron chi connectivity index (χ2n) is 5.88. The van der Waals surface area contributed by atoms with Gasteiger partial charge in [-0.1, -0.05) is 20.8 Å². The molecule has 1 unspecified atom stereocenters. The van der Waals surface area contributed by atoms with Gasteiger partial charge in [0.15, 0.2) is 0 Å². The van der Waals surface area contributed by atoms with Gasteiger partial charge in [-0.2, -0.15) is 0 Å². The first-order valence-corrected chi connectivity index (χ1v) is 5.92. The third-order valence-electron chi connectivity index (χ3n) is 3.46. The fourth-order valence-corrected chi connectivity index (χ4v) is 2.04. The van der Waals surface area contributed by atoms with Crippen molar-refractivity contribution in [2.75, 3.05) is 13.1 Å². The Hall–Kier alpha value is -0.730. The molecule has 1 heterocycles. The minimum atomic E-state index is -0.0933. The fraction of sp³-hybridized carbons (Fsp3) is 0.917. The summed E-state index contributed by atoms with van der Waals surface area (Å²) in [5, 5.41) is 0. The molecule has 3 heteroatoms. The first-order chi connectivity index (χ1) is 6.97. The molecule has 2 fully saturated rings. The third-order valence-corrected chi connectivity index (χ3v) is 3.46. The van der Waals surface area contributed by atoms with Crippen LogP contribution < -0.4 is 0 Å². The van der Waals surface area contributed by atoms with Gasteiger partial charge in [-0.15, -0.1) is 0 Å². The molecule has 0 radical (unpaired) electrons. The molecule has 1 atom stereocenters. The average molecular weight is 211 g/mol. The summed E-state index contributed by atoms with van der Waals surface area (Å²) in [5.74, 6) is 0.615. The molecule has 3 nitrogen and oxygen atoms in total. The molecular weight excluding hydrogens is 190 g/mol. The van der Waals surface area contributed by atoms with Gasteiger partial charge in [0.05, 0.1) is 0 Å². The SMILES string of the molecule is CC(C)(C)C1CCN(C(=O)OC2CC2)C1. The molecule has 86 valence electrons. The predicted octanol–water partition coefficient (Wildman–Crippen LogP) is 2.65. The summed E-state index contributed by atoms with van der Waals surface area (Å²) in [4.78, 5) is 13.5. The van der Waals surface area contributed by atoms with Crippen LogP contribution in [0, 0.1) is 11.3 Å². The molecule has 0 aromatic heterocycles. The Kier molecular flexibility index (Phi) is 2.65. The Bertz CT molecular complexity index is 253. The summed E-state index contributed by atoms with van der Waals surface area (Å²) in [6.45, 7) is 8.47. The van der Waals surface area contributed by atoms with Crippen molar-refractivity contribution in [1.82, 2.24) is 4.90 Å². The van der Waals surface area contributed by atoms with Crippen molar-refractivity contribution in [3.63, 3.8) is 0 Å². The minimum Gasteiger partial charge on any atom is -0.446 e. The van der Waals surface area contributed by atoms with Crippen molar-refractivity contribution in [1.29, 1.82) is 0 Å². The van der Waals surface area contributed by atoms with E-state index in [-0.39, 0.29) is 12.2 Å². The predicted molar refractivity (Wildman–Crippen MR) is 58.6 cm³/mol. The van der Waals surface area contributed by atoms with E-state index in [0.29, 0.717) is 11.3 Å². The van der Waals surface area contributed by atoms with E-state index in [2.05, 4.69) is 20.8 Å². The Balaban J connectivity index is 1.83. The van der Waals surface area contributed by atoms with E-state index in [4.69, 9.17) is 4.74 Å². The molecule has 0 aromatic carbocycles. The van der Waals surface area contributed by atoms with Crippen molar-refractivity contribution in [2.24, 2.45) is 11.3 Å². The van der Waals surface area contributed by atoms with Crippen LogP contribution in [0.4, 0.5) is 4.79 Å². The maximum absolute atomic E-state index is 11.7. The topological polar surface area (TPSA) is 29.5 Å². The van der Waals surface area contributed by atoms with Gasteiger partial charge in [-0.25, -0.2) is 4.79 Å². The van der Waals surface area contributed by atoms with Crippen LogP contribution in [0.2, 0.25) is 0 Å². The highest BCUT2D eigenvalue weighted by atomic mass is 16.6. The van der Waals surface area contributed by atoms with Gasteiger partial charge in [0.2, 0.25) is 0 Å². The van der Waals surface area contributed by atoms with Gasteiger partial charge in [0, 0.05) is 13.1 Å². The van der Waals surface area contributed by atoms with Crippen LogP contribution >= 0.6 is 0 Å². The van der Waals surface area contributed by atoms with Gasteiger partial charge in [0.25, 0.3) is 0 Å². The van der Waals surface area contributed by atoms with Gasteiger partial charge in [0.1, 0.15) is 6.10 Å². The van der Waals surface area contributed by atoms with E-state index < -0.39 is 0 Å². The Morgan fingerprint density at radius 1 is 1.27 bits per heavy atom. The van der Waals surface area contributed by atoms with Gasteiger partial charge in [-0.05, 0) is 30.6 Å². The Morgan fingerprint density at radius 3 is 2.40 bits per heavy atom. The molecule has 1 saturated heterocycles. The minimum absolute atomic E-state index is 0.0933. The van der Waals surface area contributed by atoms with Crippen LogP contribution in [0.25, 0.3) is 0 Å². The van der Waals surface area contributed by atoms with Crippen molar-refractivity contribution in [2.45, 2.75) is 46.1 Å². The monoisotopic (exact) mass is 211 g/mol. The van der Waals surface area contributed by atoms with E-state index in [0.717, 1.165) is 32.4 Å². The van der Waals surface area contributed by atoms with Crippen LogP contribution in [0.5, 0.6) is 0 Å². The van der Waals surface area contributed by atoms with E-state index in [1.807, 2.05) is 4.90 Å². The van der Waals surface area contributed by atoms with E-state index in [1.165, 1.54) is 0 Å². The molecule has 2 rings (SSSR count). The standard InChI is InChI=1S/C12H21NO2/c1-12(2,3)9-6-7-13(8-9)11(14)15-10-4-5-10/h9-10H,4-8H2,1-3H3. The maximum atomic E-state index is 11.7. The number of hydrogen-bond donors (Lipinski definition) is 0. The van der Waals surface area contributed by atoms with Crippen LogP contribution in [-0.4, -0.2) is 30.2 Å². The molecule has 1 amide bonds. The van der Waals surface area contributed by atoms with E-state index >= 15 is 0 Å². The lowest BCUT2D eigenvalue weighted by atomic mass is 9.80. The lowest BCUT2D eigenvalue weighted by Gasteiger charge is -2.26. The highest BCUT2D eigenvalue weighted by Gasteiger charge is 2.36. The Morgan fingerprint density at radius 2 is 1.93 bits per heavy atom. The molecular formula is C12H21NO2. The van der Waals surface area contributed by atoms with Crippen LogP contribution in [0.15, 0.2) is 0 Å². The molecule has 0 bridgehead atoms. The van der Waals surface area contributed by atoms with Crippen molar-refractivity contribution in [3.8, 4) is 0 Å². The van der Waals surface area contributed by atoms with Crippen LogP contribution in [0.1, 0.15) is 40.0 Å². The van der Waals surface area contributed by atoms with Crippen molar-refractivity contribution >= 4 is 6.09 Å². The van der Waals surface area contributed by atoms with Gasteiger partial charge in [-0.3, -0.25) is 0 Å². The second-order valence-corrected chi connectivity index (χ2v) is 5.88. The summed E-state index contributed by atoms with van der Waals surface area (Å²) >= 11 is 0. The smallest absolute Gasteiger partial charge is 0.410 e. The number of carbonyl (C=O) groups is 1. The number of rotatable bonds is 1. The van der Waals surface area contributed by atoms with Gasteiger partial charge < -0.3 is 9.64 Å². The molecule has 0 spiro atoms. The molecule has 15 heavy (non-hydrogen) atoms. The fourth-order valence-electron chi connectivity index (χ4n) is 2.04. The molecule has 1 aliphatic carbocycles. The maximum Gasteiger partial charge on any atom is 0.410 e. The summed E-state index contributed by atoms with van der Waals surface area (Å²) in [6.07, 6.45) is 3.36. The number of nitrogens with zero attached hydrogens (tertiary/aromatic N) is 1. The molecule has 0 N–H and O–H groups in total. The Labute approximate surface area is 91.8 Å². The lowest BCUT2D eigenvalue weighted by Crippen LogP contribution is -2.32.